The molecule has 20 heavy (non-hydrogen) atoms. The SMILES string of the molecule is NNc1cc(Nc2ccccc2F)nc(C(F)(F)F)n1. The Hall–Kier alpha value is -2.42. The standard InChI is InChI=1S/C11H9F4N5/c12-6-3-1-2-4-7(6)17-8-5-9(20-16)19-10(18-8)11(13,14)15/h1-5H,16H2,(H2,17,18,19,20). The van der Waals surface area contributed by atoms with Gasteiger partial charge in [0, 0.05) is 6.07 Å². The summed E-state index contributed by atoms with van der Waals surface area (Å²) in [6.07, 6.45) is -4.74. The first-order chi connectivity index (χ1) is 9.40. The van der Waals surface area contributed by atoms with Crippen LogP contribution in [0.25, 0.3) is 0 Å². The van der Waals surface area contributed by atoms with Gasteiger partial charge < -0.3 is 10.7 Å². The summed E-state index contributed by atoms with van der Waals surface area (Å²) in [6, 6.07) is 6.63. The van der Waals surface area contributed by atoms with E-state index in [0.29, 0.717) is 0 Å². The number of hydrazine groups is 1. The molecule has 2 rings (SSSR count). The zero-order valence-electron chi connectivity index (χ0n) is 9.87. The van der Waals surface area contributed by atoms with Gasteiger partial charge in [0.1, 0.15) is 17.5 Å². The number of anilines is 3. The van der Waals surface area contributed by atoms with E-state index in [9.17, 15) is 17.6 Å². The summed E-state index contributed by atoms with van der Waals surface area (Å²) in [4.78, 5) is 6.46. The predicted molar refractivity (Wildman–Crippen MR) is 64.5 cm³/mol. The molecule has 0 atom stereocenters. The average molecular weight is 287 g/mol. The largest absolute Gasteiger partial charge is 0.451 e. The van der Waals surface area contributed by atoms with Crippen molar-refractivity contribution in [3.05, 3.63) is 42.0 Å². The Labute approximate surface area is 110 Å². The molecule has 0 saturated carbocycles. The van der Waals surface area contributed by atoms with Gasteiger partial charge in [-0.1, -0.05) is 12.1 Å². The molecule has 0 radical (unpaired) electrons. The molecule has 0 unspecified atom stereocenters. The zero-order chi connectivity index (χ0) is 14.8. The molecule has 0 spiro atoms. The lowest BCUT2D eigenvalue weighted by Crippen LogP contribution is -2.16. The Balaban J connectivity index is 2.39. The first kappa shape index (κ1) is 14.0. The van der Waals surface area contributed by atoms with E-state index in [1.54, 1.807) is 0 Å². The van der Waals surface area contributed by atoms with Crippen LogP contribution >= 0.6 is 0 Å². The van der Waals surface area contributed by atoms with Crippen LogP contribution in [0, 0.1) is 5.82 Å². The fraction of sp³-hybridized carbons (Fsp3) is 0.0909. The third kappa shape index (κ3) is 3.12. The van der Waals surface area contributed by atoms with Gasteiger partial charge in [0.15, 0.2) is 0 Å². The lowest BCUT2D eigenvalue weighted by molar-refractivity contribution is -0.144. The minimum atomic E-state index is -4.74. The normalized spacial score (nSPS) is 11.2. The monoisotopic (exact) mass is 287 g/mol. The van der Waals surface area contributed by atoms with E-state index in [4.69, 9.17) is 5.84 Å². The van der Waals surface area contributed by atoms with E-state index < -0.39 is 17.8 Å². The number of halogens is 4. The van der Waals surface area contributed by atoms with Crippen LogP contribution in [0.2, 0.25) is 0 Å². The molecular formula is C11H9F4N5. The van der Waals surface area contributed by atoms with Crippen molar-refractivity contribution < 1.29 is 17.6 Å². The van der Waals surface area contributed by atoms with Gasteiger partial charge in [-0.25, -0.2) is 20.2 Å². The predicted octanol–water partition coefficient (Wildman–Crippen LogP) is 2.66. The van der Waals surface area contributed by atoms with Crippen LogP contribution in [0.1, 0.15) is 5.82 Å². The van der Waals surface area contributed by atoms with E-state index in [1.807, 2.05) is 5.43 Å². The highest BCUT2D eigenvalue weighted by Gasteiger charge is 2.35. The summed E-state index contributed by atoms with van der Waals surface area (Å²) >= 11 is 0. The summed E-state index contributed by atoms with van der Waals surface area (Å²) in [5.74, 6) is 2.56. The third-order valence-electron chi connectivity index (χ3n) is 2.26. The van der Waals surface area contributed by atoms with E-state index in [0.717, 1.165) is 12.1 Å². The lowest BCUT2D eigenvalue weighted by atomic mass is 10.3. The molecule has 0 bridgehead atoms. The molecule has 106 valence electrons. The lowest BCUT2D eigenvalue weighted by Gasteiger charge is -2.11. The van der Waals surface area contributed by atoms with E-state index in [-0.39, 0.29) is 17.3 Å². The summed E-state index contributed by atoms with van der Waals surface area (Å²) in [6.45, 7) is 0. The van der Waals surface area contributed by atoms with Crippen LogP contribution in [0.3, 0.4) is 0 Å². The van der Waals surface area contributed by atoms with E-state index in [1.165, 1.54) is 18.2 Å². The number of rotatable bonds is 3. The average Bonchev–Trinajstić information content (AvgIpc) is 2.40. The molecule has 1 aromatic carbocycles. The molecule has 0 aliphatic rings. The second kappa shape index (κ2) is 5.29. The van der Waals surface area contributed by atoms with Crippen LogP contribution in [-0.2, 0) is 6.18 Å². The van der Waals surface area contributed by atoms with Gasteiger partial charge in [-0.3, -0.25) is 0 Å². The molecule has 0 aliphatic carbocycles. The van der Waals surface area contributed by atoms with Crippen molar-refractivity contribution in [2.24, 2.45) is 5.84 Å². The van der Waals surface area contributed by atoms with Crippen LogP contribution in [0.5, 0.6) is 0 Å². The smallest absolute Gasteiger partial charge is 0.338 e. The van der Waals surface area contributed by atoms with E-state index >= 15 is 0 Å². The number of benzene rings is 1. The minimum Gasteiger partial charge on any atom is -0.338 e. The number of nitrogens with two attached hydrogens (primary N) is 1. The Morgan fingerprint density at radius 2 is 1.70 bits per heavy atom. The Bertz CT molecular complexity index is 614. The molecule has 0 saturated heterocycles. The summed E-state index contributed by atoms with van der Waals surface area (Å²) < 4.78 is 51.2. The number of para-hydroxylation sites is 1. The molecule has 2 aromatic rings. The Morgan fingerprint density at radius 1 is 1.05 bits per heavy atom. The van der Waals surface area contributed by atoms with Gasteiger partial charge in [0.05, 0.1) is 5.69 Å². The number of nitrogen functional groups attached to an aromatic ring is 1. The van der Waals surface area contributed by atoms with Crippen molar-refractivity contribution in [1.82, 2.24) is 9.97 Å². The van der Waals surface area contributed by atoms with Crippen molar-refractivity contribution in [2.75, 3.05) is 10.7 Å². The number of alkyl halides is 3. The molecule has 0 amide bonds. The molecule has 9 heteroatoms. The molecule has 0 aliphatic heterocycles. The fourth-order valence-corrected chi connectivity index (χ4v) is 1.41. The number of hydrogen-bond acceptors (Lipinski definition) is 5. The first-order valence-electron chi connectivity index (χ1n) is 5.34. The summed E-state index contributed by atoms with van der Waals surface area (Å²) in [7, 11) is 0. The minimum absolute atomic E-state index is 0.0118. The maximum atomic E-state index is 13.4. The summed E-state index contributed by atoms with van der Waals surface area (Å²) in [5, 5.41) is 2.44. The highest BCUT2D eigenvalue weighted by molar-refractivity contribution is 5.59. The molecule has 4 N–H and O–H groups in total. The third-order valence-corrected chi connectivity index (χ3v) is 2.26. The van der Waals surface area contributed by atoms with Crippen molar-refractivity contribution in [1.29, 1.82) is 0 Å². The van der Waals surface area contributed by atoms with Crippen LogP contribution < -0.4 is 16.6 Å². The highest BCUT2D eigenvalue weighted by Crippen LogP contribution is 2.29. The van der Waals surface area contributed by atoms with Gasteiger partial charge in [-0.05, 0) is 12.1 Å². The number of aromatic nitrogens is 2. The molecule has 5 nitrogen and oxygen atoms in total. The summed E-state index contributed by atoms with van der Waals surface area (Å²) in [5.41, 5.74) is 1.98. The van der Waals surface area contributed by atoms with Crippen LogP contribution in [0.15, 0.2) is 30.3 Å². The zero-order valence-corrected chi connectivity index (χ0v) is 9.87. The first-order valence-corrected chi connectivity index (χ1v) is 5.34. The molecule has 1 heterocycles. The number of hydrogen-bond donors (Lipinski definition) is 3. The number of nitrogens with one attached hydrogen (secondary N) is 2. The van der Waals surface area contributed by atoms with Crippen LogP contribution in [0.4, 0.5) is 34.9 Å². The van der Waals surface area contributed by atoms with Crippen molar-refractivity contribution in [3.63, 3.8) is 0 Å². The van der Waals surface area contributed by atoms with Gasteiger partial charge in [-0.2, -0.15) is 13.2 Å². The van der Waals surface area contributed by atoms with Crippen LogP contribution in [-0.4, -0.2) is 9.97 Å². The van der Waals surface area contributed by atoms with Crippen molar-refractivity contribution in [2.45, 2.75) is 6.18 Å². The van der Waals surface area contributed by atoms with Gasteiger partial charge in [0.25, 0.3) is 0 Å². The molecule has 0 fully saturated rings. The Morgan fingerprint density at radius 3 is 2.30 bits per heavy atom. The van der Waals surface area contributed by atoms with Gasteiger partial charge >= 0.3 is 6.18 Å². The topological polar surface area (TPSA) is 75.9 Å². The highest BCUT2D eigenvalue weighted by atomic mass is 19.4. The molecule has 1 aromatic heterocycles. The number of nitrogens with zero attached hydrogens (tertiary/aromatic N) is 2. The fourth-order valence-electron chi connectivity index (χ4n) is 1.41. The second-order valence-corrected chi connectivity index (χ2v) is 3.71. The quantitative estimate of drug-likeness (QED) is 0.459. The Kier molecular flexibility index (Phi) is 3.70. The maximum absolute atomic E-state index is 13.4. The maximum Gasteiger partial charge on any atom is 0.451 e. The van der Waals surface area contributed by atoms with Gasteiger partial charge in [0.2, 0.25) is 5.82 Å². The van der Waals surface area contributed by atoms with Crippen molar-refractivity contribution in [3.8, 4) is 0 Å². The van der Waals surface area contributed by atoms with Crippen molar-refractivity contribution >= 4 is 17.3 Å². The molecular weight excluding hydrogens is 278 g/mol. The van der Waals surface area contributed by atoms with Gasteiger partial charge in [-0.15, -0.1) is 0 Å². The van der Waals surface area contributed by atoms with E-state index in [2.05, 4.69) is 15.3 Å². The second-order valence-electron chi connectivity index (χ2n) is 3.71.